The van der Waals surface area contributed by atoms with E-state index in [2.05, 4.69) is 9.97 Å². The van der Waals surface area contributed by atoms with Crippen LogP contribution in [0, 0.1) is 13.8 Å². The number of rotatable bonds is 5. The summed E-state index contributed by atoms with van der Waals surface area (Å²) in [5, 5.41) is 0.496. The molecule has 25 heavy (non-hydrogen) atoms. The molecule has 0 radical (unpaired) electrons. The predicted octanol–water partition coefficient (Wildman–Crippen LogP) is 2.66. The van der Waals surface area contributed by atoms with Crippen molar-refractivity contribution in [3.05, 3.63) is 69.8 Å². The molecule has 3 aromatic rings. The molecule has 1 N–H and O–H groups in total. The van der Waals surface area contributed by atoms with Gasteiger partial charge in [0.05, 0.1) is 10.9 Å². The van der Waals surface area contributed by atoms with E-state index < -0.39 is 5.97 Å². The van der Waals surface area contributed by atoms with Crippen LogP contribution in [0.2, 0.25) is 0 Å². The van der Waals surface area contributed by atoms with E-state index >= 15 is 0 Å². The summed E-state index contributed by atoms with van der Waals surface area (Å²) >= 11 is 0. The molecule has 0 bridgehead atoms. The Bertz CT molecular complexity index is 958. The zero-order valence-electron chi connectivity index (χ0n) is 14.0. The Morgan fingerprint density at radius 1 is 1.12 bits per heavy atom. The van der Waals surface area contributed by atoms with E-state index in [1.165, 1.54) is 0 Å². The van der Waals surface area contributed by atoms with Crippen molar-refractivity contribution in [2.75, 3.05) is 6.61 Å². The van der Waals surface area contributed by atoms with Crippen molar-refractivity contribution in [3.8, 4) is 5.75 Å². The van der Waals surface area contributed by atoms with Crippen LogP contribution in [0.25, 0.3) is 10.9 Å². The van der Waals surface area contributed by atoms with E-state index in [1.54, 1.807) is 24.3 Å². The Morgan fingerprint density at radius 2 is 1.84 bits per heavy atom. The Hall–Kier alpha value is -3.15. The van der Waals surface area contributed by atoms with Crippen molar-refractivity contribution in [2.45, 2.75) is 20.5 Å². The molecule has 0 saturated carbocycles. The summed E-state index contributed by atoms with van der Waals surface area (Å²) in [6, 6.07) is 12.7. The van der Waals surface area contributed by atoms with Crippen LogP contribution < -0.4 is 10.3 Å². The van der Waals surface area contributed by atoms with Crippen LogP contribution in [0.3, 0.4) is 0 Å². The number of ether oxygens (including phenoxy) is 2. The molecule has 0 amide bonds. The zero-order chi connectivity index (χ0) is 17.8. The first-order valence-electron chi connectivity index (χ1n) is 7.86. The minimum absolute atomic E-state index is 0.116. The number of H-pyrrole nitrogens is 1. The van der Waals surface area contributed by atoms with Gasteiger partial charge in [-0.2, -0.15) is 0 Å². The van der Waals surface area contributed by atoms with E-state index in [9.17, 15) is 9.59 Å². The fourth-order valence-electron chi connectivity index (χ4n) is 2.55. The number of carbonyl (C=O) groups excluding carboxylic acids is 1. The number of hydrogen-bond donors (Lipinski definition) is 1. The van der Waals surface area contributed by atoms with Crippen molar-refractivity contribution in [1.29, 1.82) is 0 Å². The monoisotopic (exact) mass is 338 g/mol. The van der Waals surface area contributed by atoms with Gasteiger partial charge in [0.2, 0.25) is 0 Å². The number of para-hydroxylation sites is 1. The molecule has 2 aromatic carbocycles. The van der Waals surface area contributed by atoms with Crippen LogP contribution in [0.4, 0.5) is 0 Å². The highest BCUT2D eigenvalue weighted by molar-refractivity contribution is 5.77. The lowest BCUT2D eigenvalue weighted by molar-refractivity contribution is -0.147. The van der Waals surface area contributed by atoms with E-state index in [-0.39, 0.29) is 18.8 Å². The molecule has 0 atom stereocenters. The van der Waals surface area contributed by atoms with Gasteiger partial charge in [0, 0.05) is 0 Å². The van der Waals surface area contributed by atoms with Crippen LogP contribution in [0.5, 0.6) is 5.75 Å². The Balaban J connectivity index is 1.60. The molecule has 0 aliphatic carbocycles. The first-order valence-corrected chi connectivity index (χ1v) is 7.86. The second-order valence-corrected chi connectivity index (χ2v) is 5.80. The number of aromatic nitrogens is 2. The van der Waals surface area contributed by atoms with Gasteiger partial charge >= 0.3 is 5.97 Å². The SMILES string of the molecule is Cc1cc(C)cc(OCC(=O)OCc2nc3ccccc3c(=O)[nH]2)c1. The number of esters is 1. The van der Waals surface area contributed by atoms with Crippen LogP contribution in [-0.2, 0) is 16.1 Å². The number of carbonyl (C=O) groups is 1. The first-order chi connectivity index (χ1) is 12.0. The van der Waals surface area contributed by atoms with Gasteiger partial charge in [0.1, 0.15) is 18.2 Å². The summed E-state index contributed by atoms with van der Waals surface area (Å²) in [5.74, 6) is 0.380. The third kappa shape index (κ3) is 4.23. The molecule has 0 aliphatic rings. The topological polar surface area (TPSA) is 81.3 Å². The van der Waals surface area contributed by atoms with Gasteiger partial charge in [-0.15, -0.1) is 0 Å². The van der Waals surface area contributed by atoms with Crippen LogP contribution in [0.1, 0.15) is 17.0 Å². The number of aromatic amines is 1. The van der Waals surface area contributed by atoms with Gasteiger partial charge in [-0.25, -0.2) is 9.78 Å². The molecule has 6 heteroatoms. The Labute approximate surface area is 144 Å². The minimum Gasteiger partial charge on any atom is -0.482 e. The molecular formula is C19H18N2O4. The molecule has 0 aliphatic heterocycles. The van der Waals surface area contributed by atoms with Crippen molar-refractivity contribution in [1.82, 2.24) is 9.97 Å². The van der Waals surface area contributed by atoms with Crippen molar-refractivity contribution in [2.24, 2.45) is 0 Å². The highest BCUT2D eigenvalue weighted by Crippen LogP contribution is 2.16. The van der Waals surface area contributed by atoms with Gasteiger partial charge in [-0.1, -0.05) is 18.2 Å². The van der Waals surface area contributed by atoms with Gasteiger partial charge in [0.15, 0.2) is 6.61 Å². The summed E-state index contributed by atoms with van der Waals surface area (Å²) in [7, 11) is 0. The Kier molecular flexibility index (Phi) is 4.79. The molecule has 6 nitrogen and oxygen atoms in total. The molecule has 0 fully saturated rings. The number of benzene rings is 2. The molecule has 3 rings (SSSR count). The molecule has 1 aromatic heterocycles. The zero-order valence-corrected chi connectivity index (χ0v) is 14.0. The lowest BCUT2D eigenvalue weighted by atomic mass is 10.1. The maximum atomic E-state index is 12.0. The third-order valence-electron chi connectivity index (χ3n) is 3.58. The van der Waals surface area contributed by atoms with Crippen LogP contribution >= 0.6 is 0 Å². The maximum Gasteiger partial charge on any atom is 0.344 e. The molecule has 1 heterocycles. The molecule has 0 saturated heterocycles. The summed E-state index contributed by atoms with van der Waals surface area (Å²) in [5.41, 5.74) is 2.41. The molecule has 0 spiro atoms. The number of aryl methyl sites for hydroxylation is 2. The van der Waals surface area contributed by atoms with Crippen LogP contribution in [-0.4, -0.2) is 22.5 Å². The van der Waals surface area contributed by atoms with E-state index in [0.717, 1.165) is 11.1 Å². The molecule has 128 valence electrons. The summed E-state index contributed by atoms with van der Waals surface area (Å²) in [6.07, 6.45) is 0. The fourth-order valence-corrected chi connectivity index (χ4v) is 2.55. The summed E-state index contributed by atoms with van der Waals surface area (Å²) in [4.78, 5) is 30.7. The highest BCUT2D eigenvalue weighted by atomic mass is 16.6. The third-order valence-corrected chi connectivity index (χ3v) is 3.58. The normalized spacial score (nSPS) is 10.6. The fraction of sp³-hybridized carbons (Fsp3) is 0.211. The second-order valence-electron chi connectivity index (χ2n) is 5.80. The summed E-state index contributed by atoms with van der Waals surface area (Å²) in [6.45, 7) is 3.59. The maximum absolute atomic E-state index is 12.0. The molecule has 0 unspecified atom stereocenters. The second kappa shape index (κ2) is 7.17. The number of nitrogens with one attached hydrogen (secondary N) is 1. The van der Waals surface area contributed by atoms with Gasteiger partial charge in [0.25, 0.3) is 5.56 Å². The van der Waals surface area contributed by atoms with Crippen molar-refractivity contribution in [3.63, 3.8) is 0 Å². The Morgan fingerprint density at radius 3 is 2.60 bits per heavy atom. The standard InChI is InChI=1S/C19H18N2O4/c1-12-7-13(2)9-14(8-12)24-11-18(22)25-10-17-20-16-6-4-3-5-15(16)19(23)21-17/h3-9H,10-11H2,1-2H3,(H,20,21,23). The molecular weight excluding hydrogens is 320 g/mol. The average Bonchev–Trinajstić information content (AvgIpc) is 2.57. The number of nitrogens with zero attached hydrogens (tertiary/aromatic N) is 1. The van der Waals surface area contributed by atoms with E-state index in [1.807, 2.05) is 32.0 Å². The van der Waals surface area contributed by atoms with Gasteiger partial charge < -0.3 is 14.5 Å². The largest absolute Gasteiger partial charge is 0.482 e. The smallest absolute Gasteiger partial charge is 0.344 e. The number of fused-ring (bicyclic) bond motifs is 1. The first kappa shape index (κ1) is 16.7. The highest BCUT2D eigenvalue weighted by Gasteiger charge is 2.08. The van der Waals surface area contributed by atoms with Crippen LogP contribution in [0.15, 0.2) is 47.3 Å². The predicted molar refractivity (Wildman–Crippen MR) is 93.6 cm³/mol. The van der Waals surface area contributed by atoms with Gasteiger partial charge in [-0.3, -0.25) is 4.79 Å². The lowest BCUT2D eigenvalue weighted by Gasteiger charge is -2.08. The quantitative estimate of drug-likeness (QED) is 0.723. The van der Waals surface area contributed by atoms with Crippen molar-refractivity contribution >= 4 is 16.9 Å². The van der Waals surface area contributed by atoms with E-state index in [0.29, 0.717) is 22.5 Å². The number of hydrogen-bond acceptors (Lipinski definition) is 5. The minimum atomic E-state index is -0.532. The van der Waals surface area contributed by atoms with Crippen molar-refractivity contribution < 1.29 is 14.3 Å². The lowest BCUT2D eigenvalue weighted by Crippen LogP contribution is -2.18. The van der Waals surface area contributed by atoms with Gasteiger partial charge in [-0.05, 0) is 49.2 Å². The average molecular weight is 338 g/mol. The van der Waals surface area contributed by atoms with E-state index in [4.69, 9.17) is 9.47 Å². The summed E-state index contributed by atoms with van der Waals surface area (Å²) < 4.78 is 10.6.